The van der Waals surface area contributed by atoms with Gasteiger partial charge in [0.25, 0.3) is 0 Å². The van der Waals surface area contributed by atoms with Crippen molar-refractivity contribution in [3.8, 4) is 0 Å². The molecule has 1 N–H and O–H groups in total. The van der Waals surface area contributed by atoms with E-state index in [0.717, 1.165) is 12.5 Å². The van der Waals surface area contributed by atoms with Crippen LogP contribution in [0.15, 0.2) is 22.7 Å². The van der Waals surface area contributed by atoms with Crippen LogP contribution >= 0.6 is 28.3 Å². The third-order valence-electron chi connectivity index (χ3n) is 4.57. The highest BCUT2D eigenvalue weighted by Crippen LogP contribution is 2.27. The topological polar surface area (TPSA) is 15.3 Å². The summed E-state index contributed by atoms with van der Waals surface area (Å²) in [7, 11) is 0. The average Bonchev–Trinajstić information content (AvgIpc) is 2.41. The van der Waals surface area contributed by atoms with E-state index in [0.29, 0.717) is 6.04 Å². The number of nitrogens with one attached hydrogen (secondary N) is 1. The van der Waals surface area contributed by atoms with Crippen molar-refractivity contribution < 1.29 is 0 Å². The van der Waals surface area contributed by atoms with Crippen LogP contribution in [0.25, 0.3) is 0 Å². The van der Waals surface area contributed by atoms with Crippen LogP contribution in [-0.4, -0.2) is 30.6 Å². The molecule has 0 spiro atoms. The Morgan fingerprint density at radius 3 is 2.95 bits per heavy atom. The van der Waals surface area contributed by atoms with Crippen molar-refractivity contribution in [2.45, 2.75) is 38.8 Å². The Hall–Kier alpha value is -0.0900. The van der Waals surface area contributed by atoms with Gasteiger partial charge in [0.1, 0.15) is 0 Å². The van der Waals surface area contributed by atoms with Crippen LogP contribution in [0.1, 0.15) is 30.9 Å². The lowest BCUT2D eigenvalue weighted by molar-refractivity contribution is 0.143. The smallest absolute Gasteiger partial charge is 0.0239 e. The number of fused-ring (bicyclic) bond motifs is 1. The fourth-order valence-corrected chi connectivity index (χ4v) is 3.83. The lowest BCUT2D eigenvalue weighted by Gasteiger charge is -2.38. The Morgan fingerprint density at radius 2 is 2.20 bits per heavy atom. The van der Waals surface area contributed by atoms with Crippen LogP contribution in [0, 0.1) is 5.92 Å². The van der Waals surface area contributed by atoms with Gasteiger partial charge in [-0.25, -0.2) is 0 Å². The number of nitrogens with zero attached hydrogens (tertiary/aromatic N) is 1. The van der Waals surface area contributed by atoms with Gasteiger partial charge >= 0.3 is 0 Å². The molecule has 1 aromatic rings. The van der Waals surface area contributed by atoms with Crippen LogP contribution in [0.5, 0.6) is 0 Å². The first-order chi connectivity index (χ1) is 9.22. The van der Waals surface area contributed by atoms with E-state index in [4.69, 9.17) is 0 Å². The average molecular weight is 360 g/mol. The van der Waals surface area contributed by atoms with Crippen LogP contribution in [-0.2, 0) is 13.0 Å². The largest absolute Gasteiger partial charge is 0.316 e. The van der Waals surface area contributed by atoms with Crippen molar-refractivity contribution in [3.05, 3.63) is 33.8 Å². The zero-order valence-electron chi connectivity index (χ0n) is 12.1. The van der Waals surface area contributed by atoms with Gasteiger partial charge in [0.15, 0.2) is 0 Å². The molecule has 2 aliphatic heterocycles. The summed E-state index contributed by atoms with van der Waals surface area (Å²) in [6.07, 6.45) is 3.93. The minimum atomic E-state index is 0. The van der Waals surface area contributed by atoms with Crippen molar-refractivity contribution >= 4 is 28.3 Å². The van der Waals surface area contributed by atoms with E-state index in [1.54, 1.807) is 0 Å². The summed E-state index contributed by atoms with van der Waals surface area (Å²) in [6.45, 7) is 7.16. The first-order valence-corrected chi connectivity index (χ1v) is 8.24. The van der Waals surface area contributed by atoms with E-state index in [1.807, 2.05) is 0 Å². The van der Waals surface area contributed by atoms with Gasteiger partial charge in [-0.3, -0.25) is 4.90 Å². The van der Waals surface area contributed by atoms with Gasteiger partial charge < -0.3 is 5.32 Å². The first-order valence-electron chi connectivity index (χ1n) is 7.44. The Balaban J connectivity index is 0.00000147. The van der Waals surface area contributed by atoms with Crippen molar-refractivity contribution in [1.82, 2.24) is 10.2 Å². The van der Waals surface area contributed by atoms with Crippen molar-refractivity contribution in [2.24, 2.45) is 5.92 Å². The molecule has 0 amide bonds. The summed E-state index contributed by atoms with van der Waals surface area (Å²) < 4.78 is 1.21. The van der Waals surface area contributed by atoms with Crippen molar-refractivity contribution in [2.75, 3.05) is 19.6 Å². The maximum atomic E-state index is 3.60. The van der Waals surface area contributed by atoms with Gasteiger partial charge in [-0.1, -0.05) is 22.0 Å². The van der Waals surface area contributed by atoms with Crippen LogP contribution in [0.2, 0.25) is 0 Å². The second kappa shape index (κ2) is 7.26. The highest BCUT2D eigenvalue weighted by Gasteiger charge is 2.25. The number of rotatable bonds is 2. The number of halogens is 2. The van der Waals surface area contributed by atoms with Crippen LogP contribution < -0.4 is 5.32 Å². The Kier molecular flexibility index (Phi) is 5.91. The third kappa shape index (κ3) is 3.76. The zero-order chi connectivity index (χ0) is 13.2. The van der Waals surface area contributed by atoms with E-state index in [1.165, 1.54) is 54.5 Å². The summed E-state index contributed by atoms with van der Waals surface area (Å²) in [5, 5.41) is 3.53. The SMILES string of the molecule is CC1Cc2ccc(Br)cc2CN1CC1CCCNC1.Cl. The zero-order valence-corrected chi connectivity index (χ0v) is 14.5. The second-order valence-corrected chi connectivity index (χ2v) is 7.02. The fraction of sp³-hybridized carbons (Fsp3) is 0.625. The third-order valence-corrected chi connectivity index (χ3v) is 5.07. The normalized spacial score (nSPS) is 26.7. The molecule has 3 rings (SSSR count). The summed E-state index contributed by atoms with van der Waals surface area (Å²) in [6, 6.07) is 7.44. The molecule has 1 fully saturated rings. The van der Waals surface area contributed by atoms with E-state index in [2.05, 4.69) is 51.3 Å². The van der Waals surface area contributed by atoms with E-state index < -0.39 is 0 Å². The molecular weight excluding hydrogens is 336 g/mol. The quantitative estimate of drug-likeness (QED) is 0.867. The lowest BCUT2D eigenvalue weighted by Crippen LogP contribution is -2.44. The van der Waals surface area contributed by atoms with Gasteiger partial charge in [0.2, 0.25) is 0 Å². The molecule has 1 aromatic carbocycles. The molecule has 2 aliphatic rings. The molecule has 2 atom stereocenters. The van der Waals surface area contributed by atoms with Gasteiger partial charge in [-0.2, -0.15) is 0 Å². The van der Waals surface area contributed by atoms with Crippen LogP contribution in [0.3, 0.4) is 0 Å². The highest BCUT2D eigenvalue weighted by atomic mass is 79.9. The summed E-state index contributed by atoms with van der Waals surface area (Å²) in [5.74, 6) is 0.838. The predicted molar refractivity (Wildman–Crippen MR) is 90.6 cm³/mol. The van der Waals surface area contributed by atoms with E-state index in [-0.39, 0.29) is 12.4 Å². The number of piperidine rings is 1. The van der Waals surface area contributed by atoms with Gasteiger partial charge in [0, 0.05) is 23.6 Å². The lowest BCUT2D eigenvalue weighted by atomic mass is 9.92. The van der Waals surface area contributed by atoms with Gasteiger partial charge in [-0.15, -0.1) is 12.4 Å². The molecule has 0 saturated carbocycles. The minimum absolute atomic E-state index is 0. The van der Waals surface area contributed by atoms with Crippen LogP contribution in [0.4, 0.5) is 0 Å². The molecule has 112 valence electrons. The van der Waals surface area contributed by atoms with E-state index in [9.17, 15) is 0 Å². The fourth-order valence-electron chi connectivity index (χ4n) is 3.42. The molecule has 1 saturated heterocycles. The molecule has 0 aliphatic carbocycles. The molecule has 2 nitrogen and oxygen atoms in total. The summed E-state index contributed by atoms with van der Waals surface area (Å²) >= 11 is 3.60. The molecule has 4 heteroatoms. The molecule has 0 aromatic heterocycles. The maximum absolute atomic E-state index is 3.60. The molecule has 2 heterocycles. The Bertz CT molecular complexity index is 446. The molecular formula is C16H24BrClN2. The number of hydrogen-bond donors (Lipinski definition) is 1. The van der Waals surface area contributed by atoms with Gasteiger partial charge in [-0.05, 0) is 68.5 Å². The van der Waals surface area contributed by atoms with Crippen molar-refractivity contribution in [3.63, 3.8) is 0 Å². The second-order valence-electron chi connectivity index (χ2n) is 6.11. The number of benzene rings is 1. The Morgan fingerprint density at radius 1 is 1.35 bits per heavy atom. The van der Waals surface area contributed by atoms with E-state index >= 15 is 0 Å². The predicted octanol–water partition coefficient (Wildman–Crippen LogP) is 3.62. The molecule has 20 heavy (non-hydrogen) atoms. The minimum Gasteiger partial charge on any atom is -0.316 e. The van der Waals surface area contributed by atoms with Gasteiger partial charge in [0.05, 0.1) is 0 Å². The maximum Gasteiger partial charge on any atom is 0.0239 e. The Labute approximate surface area is 136 Å². The summed E-state index contributed by atoms with van der Waals surface area (Å²) in [4.78, 5) is 2.67. The monoisotopic (exact) mass is 358 g/mol. The summed E-state index contributed by atoms with van der Waals surface area (Å²) in [5.41, 5.74) is 3.05. The standard InChI is InChI=1S/C16H23BrN2.ClH/c1-12-7-14-4-5-16(17)8-15(14)11-19(12)10-13-3-2-6-18-9-13;/h4-5,8,12-13,18H,2-3,6-7,9-11H2,1H3;1H. The number of hydrogen-bond acceptors (Lipinski definition) is 2. The van der Waals surface area contributed by atoms with Crippen molar-refractivity contribution in [1.29, 1.82) is 0 Å². The highest BCUT2D eigenvalue weighted by molar-refractivity contribution is 9.10. The first kappa shape index (κ1) is 16.3. The molecule has 2 unspecified atom stereocenters. The molecule has 0 radical (unpaired) electrons. The molecule has 0 bridgehead atoms.